The van der Waals surface area contributed by atoms with Gasteiger partial charge in [0.1, 0.15) is 11.2 Å². The molecule has 3 N–H and O–H groups in total. The molecular formula is C37H39Cl2F2N7O5. The second kappa shape index (κ2) is 15.9. The lowest BCUT2D eigenvalue weighted by Gasteiger charge is -2.31. The van der Waals surface area contributed by atoms with Crippen molar-refractivity contribution in [1.82, 2.24) is 29.4 Å². The van der Waals surface area contributed by atoms with Crippen molar-refractivity contribution < 1.29 is 23.4 Å². The van der Waals surface area contributed by atoms with Crippen LogP contribution in [-0.2, 0) is 25.3 Å². The van der Waals surface area contributed by atoms with Crippen LogP contribution in [0.4, 0.5) is 20.3 Å². The summed E-state index contributed by atoms with van der Waals surface area (Å²) >= 11 is 14.1. The largest absolute Gasteiger partial charge is 0.481 e. The highest BCUT2D eigenvalue weighted by atomic mass is 35.5. The predicted octanol–water partition coefficient (Wildman–Crippen LogP) is 6.51. The fourth-order valence-corrected chi connectivity index (χ4v) is 7.41. The summed E-state index contributed by atoms with van der Waals surface area (Å²) in [6, 6.07) is 12.4. The minimum absolute atomic E-state index is 0.0426. The Morgan fingerprint density at radius 3 is 2.38 bits per heavy atom. The Bertz CT molecular complexity index is 2300. The third-order valence-electron chi connectivity index (χ3n) is 9.42. The van der Waals surface area contributed by atoms with E-state index in [1.165, 1.54) is 14.1 Å². The molecule has 1 saturated heterocycles. The monoisotopic (exact) mass is 769 g/mol. The fraction of sp³-hybridized carbons (Fsp3) is 0.378. The summed E-state index contributed by atoms with van der Waals surface area (Å²) in [5, 5.41) is 17.3. The van der Waals surface area contributed by atoms with Gasteiger partial charge in [-0.1, -0.05) is 67.4 Å². The Labute approximate surface area is 313 Å². The molecule has 4 heterocycles. The number of fused-ring (bicyclic) bond motifs is 2. The molecule has 0 spiro atoms. The summed E-state index contributed by atoms with van der Waals surface area (Å²) in [5.41, 5.74) is 2.83. The number of benzene rings is 2. The molecule has 3 unspecified atom stereocenters. The summed E-state index contributed by atoms with van der Waals surface area (Å²) in [6.45, 7) is 4.88. The van der Waals surface area contributed by atoms with E-state index in [2.05, 4.69) is 20.6 Å². The van der Waals surface area contributed by atoms with Gasteiger partial charge in [0.25, 0.3) is 12.0 Å². The van der Waals surface area contributed by atoms with Crippen molar-refractivity contribution in [2.24, 2.45) is 14.1 Å². The van der Waals surface area contributed by atoms with Gasteiger partial charge in [-0.2, -0.15) is 0 Å². The molecule has 2 aromatic carbocycles. The number of rotatable bonds is 8. The highest BCUT2D eigenvalue weighted by Gasteiger charge is 2.33. The summed E-state index contributed by atoms with van der Waals surface area (Å²) in [4.78, 5) is 38.3. The van der Waals surface area contributed by atoms with E-state index >= 15 is 0 Å². The van der Waals surface area contributed by atoms with Crippen LogP contribution in [0.15, 0.2) is 52.1 Å². The summed E-state index contributed by atoms with van der Waals surface area (Å²) in [5.74, 6) is -0.635. The first-order chi connectivity index (χ1) is 25.5. The molecule has 0 saturated carbocycles. The second-order valence-corrected chi connectivity index (χ2v) is 13.2. The van der Waals surface area contributed by atoms with Crippen LogP contribution in [-0.4, -0.2) is 61.7 Å². The number of ether oxygens (including phenoxy) is 2. The molecular weight excluding hydrogens is 731 g/mol. The number of alkyl halides is 2. The molecule has 1 fully saturated rings. The first-order valence-electron chi connectivity index (χ1n) is 17.2. The van der Waals surface area contributed by atoms with Crippen LogP contribution >= 0.6 is 23.2 Å². The fourth-order valence-electron chi connectivity index (χ4n) is 6.81. The summed E-state index contributed by atoms with van der Waals surface area (Å²) < 4.78 is 40.8. The van der Waals surface area contributed by atoms with E-state index < -0.39 is 29.6 Å². The maximum atomic E-state index is 13.9. The van der Waals surface area contributed by atoms with Crippen LogP contribution in [0, 0.1) is 0 Å². The molecule has 0 radical (unpaired) electrons. The molecule has 0 bridgehead atoms. The highest BCUT2D eigenvalue weighted by molar-refractivity contribution is 6.39. The lowest BCUT2D eigenvalue weighted by molar-refractivity contribution is -0.0304. The van der Waals surface area contributed by atoms with Crippen LogP contribution in [0.25, 0.3) is 33.4 Å². The van der Waals surface area contributed by atoms with Crippen LogP contribution < -0.4 is 26.6 Å². The van der Waals surface area contributed by atoms with Crippen molar-refractivity contribution in [3.63, 3.8) is 0 Å². The zero-order chi connectivity index (χ0) is 38.1. The normalized spacial score (nSPS) is 18.1. The number of methoxy groups -OCH3 is 1. The number of halogens is 4. The molecule has 280 valence electrons. The van der Waals surface area contributed by atoms with Gasteiger partial charge in [-0.15, -0.1) is 0 Å². The van der Waals surface area contributed by atoms with E-state index in [0.29, 0.717) is 52.9 Å². The van der Waals surface area contributed by atoms with Gasteiger partial charge in [-0.05, 0) is 37.0 Å². The minimum Gasteiger partial charge on any atom is -0.481 e. The lowest BCUT2D eigenvalue weighted by Crippen LogP contribution is -2.47. The topological polar surface area (TPSA) is 145 Å². The molecule has 1 aliphatic carbocycles. The zero-order valence-corrected chi connectivity index (χ0v) is 31.2. The number of nitrogens with zero attached hydrogens (tertiary/aromatic N) is 5. The third-order valence-corrected chi connectivity index (χ3v) is 10.2. The van der Waals surface area contributed by atoms with Crippen molar-refractivity contribution in [2.45, 2.75) is 57.7 Å². The van der Waals surface area contributed by atoms with E-state index in [1.54, 1.807) is 31.4 Å². The van der Waals surface area contributed by atoms with Gasteiger partial charge in [0.15, 0.2) is 11.5 Å². The average molecular weight is 771 g/mol. The molecule has 0 amide bonds. The Morgan fingerprint density at radius 1 is 0.981 bits per heavy atom. The maximum Gasteiger partial charge on any atom is 0.332 e. The van der Waals surface area contributed by atoms with Crippen molar-refractivity contribution in [2.75, 3.05) is 25.6 Å². The van der Waals surface area contributed by atoms with Crippen molar-refractivity contribution >= 4 is 45.7 Å². The molecule has 3 aromatic heterocycles. The van der Waals surface area contributed by atoms with E-state index in [4.69, 9.17) is 37.7 Å². The number of aliphatic hydroxyl groups is 1. The van der Waals surface area contributed by atoms with E-state index in [-0.39, 0.29) is 39.6 Å². The SMILES string of the molecule is CC.COc1nc(-c2cccc(-c3cccc(Nc4nc(C(F)F)nc5c4c(=O)n(C)c(=O)n5C)c3Cl)c2Cl)cc2c1C(NC1CCOCC1O)CC2. The average Bonchev–Trinajstić information content (AvgIpc) is 3.57. The molecule has 12 nitrogen and oxygen atoms in total. The zero-order valence-electron chi connectivity index (χ0n) is 29.7. The number of aliphatic hydroxyl groups excluding tert-OH is 1. The first kappa shape index (κ1) is 38.3. The summed E-state index contributed by atoms with van der Waals surface area (Å²) in [7, 11) is 4.18. The Balaban J connectivity index is 0.00000236. The standard InChI is InChI=1S/C35H33Cl2F2N7O5.C2H6/c1-45-32-26(34(48)46(2)35(45)49)30(43-31(44-32)29(38)39)41-22-9-5-7-18(28(22)37)17-6-4-8-19(27(17)36)23-14-16-10-11-21(25(16)33(42-23)50-3)40-20-12-13-51-15-24(20)47;1-2/h4-9,14,20-21,24,29,40,47H,10-13,15H2,1-3H3,(H,41,43,44);1-2H3. The summed E-state index contributed by atoms with van der Waals surface area (Å²) in [6.07, 6.45) is -1.38. The van der Waals surface area contributed by atoms with Crippen LogP contribution in [0.1, 0.15) is 56.1 Å². The van der Waals surface area contributed by atoms with Crippen molar-refractivity contribution in [1.29, 1.82) is 0 Å². The molecule has 2 aliphatic rings. The molecule has 53 heavy (non-hydrogen) atoms. The van der Waals surface area contributed by atoms with Gasteiger partial charge >= 0.3 is 5.69 Å². The predicted molar refractivity (Wildman–Crippen MR) is 201 cm³/mol. The smallest absolute Gasteiger partial charge is 0.332 e. The van der Waals surface area contributed by atoms with Gasteiger partial charge < -0.3 is 25.2 Å². The van der Waals surface area contributed by atoms with E-state index in [9.17, 15) is 23.5 Å². The van der Waals surface area contributed by atoms with Gasteiger partial charge in [-0.25, -0.2) is 28.5 Å². The number of anilines is 2. The molecule has 16 heteroatoms. The lowest BCUT2D eigenvalue weighted by atomic mass is 9.99. The molecule has 7 rings (SSSR count). The third kappa shape index (κ3) is 7.13. The molecule has 1 aliphatic heterocycles. The van der Waals surface area contributed by atoms with Crippen molar-refractivity contribution in [3.05, 3.63) is 90.3 Å². The first-order valence-corrected chi connectivity index (χ1v) is 17.9. The van der Waals surface area contributed by atoms with Gasteiger partial charge in [0, 0.05) is 55.0 Å². The Kier molecular flexibility index (Phi) is 11.5. The molecule has 5 aromatic rings. The van der Waals surface area contributed by atoms with Gasteiger partial charge in [-0.3, -0.25) is 13.9 Å². The number of nitrogens with one attached hydrogen (secondary N) is 2. The quantitative estimate of drug-likeness (QED) is 0.160. The Morgan fingerprint density at radius 2 is 1.68 bits per heavy atom. The van der Waals surface area contributed by atoms with Gasteiger partial charge in [0.05, 0.1) is 41.2 Å². The highest BCUT2D eigenvalue weighted by Crippen LogP contribution is 2.44. The number of pyridine rings is 1. The van der Waals surface area contributed by atoms with Gasteiger partial charge in [0.2, 0.25) is 5.88 Å². The number of aryl methyl sites for hydroxylation is 2. The van der Waals surface area contributed by atoms with Crippen LogP contribution in [0.5, 0.6) is 5.88 Å². The second-order valence-electron chi connectivity index (χ2n) is 12.5. The van der Waals surface area contributed by atoms with E-state index in [0.717, 1.165) is 33.1 Å². The number of aromatic nitrogens is 5. The van der Waals surface area contributed by atoms with Crippen LogP contribution in [0.3, 0.4) is 0 Å². The molecule has 3 atom stereocenters. The Hall–Kier alpha value is -4.47. The number of hydrogen-bond donors (Lipinski definition) is 3. The van der Waals surface area contributed by atoms with Crippen LogP contribution in [0.2, 0.25) is 10.0 Å². The van der Waals surface area contributed by atoms with E-state index in [1.807, 2.05) is 32.0 Å². The van der Waals surface area contributed by atoms with Crippen molar-refractivity contribution in [3.8, 4) is 28.3 Å². The minimum atomic E-state index is -3.08. The maximum absolute atomic E-state index is 13.9. The number of hydrogen-bond acceptors (Lipinski definition) is 10.